The van der Waals surface area contributed by atoms with Crippen LogP contribution in [0.25, 0.3) is 0 Å². The normalized spacial score (nSPS) is 11.3. The van der Waals surface area contributed by atoms with Crippen molar-refractivity contribution in [3.05, 3.63) is 90.3 Å². The number of pyridine rings is 3. The van der Waals surface area contributed by atoms with Gasteiger partial charge in [0.1, 0.15) is 0 Å². The summed E-state index contributed by atoms with van der Waals surface area (Å²) in [7, 11) is 0. The fraction of sp³-hybridized carbons (Fsp3) is 0.583. The average molecular weight is 625 g/mol. The highest BCUT2D eigenvalue weighted by Gasteiger charge is 2.07. The number of nitrogens with zero attached hydrogens (tertiary/aromatic N) is 6. The number of aliphatic hydroxyl groups is 3. The zero-order valence-corrected chi connectivity index (χ0v) is 28.7. The van der Waals surface area contributed by atoms with Crippen molar-refractivity contribution in [3.63, 3.8) is 0 Å². The quantitative estimate of drug-likeness (QED) is 0.175. The SMILES string of the molecule is CC(C)CN(CO)CCc1ccccn1.CC(C)CN(CO)CCc1cccnc1.CC(C)CN(CO)CCc1ccncc1. The van der Waals surface area contributed by atoms with Crippen LogP contribution in [0, 0.1) is 17.8 Å². The first-order valence-corrected chi connectivity index (χ1v) is 16.3. The number of rotatable bonds is 18. The molecule has 0 aliphatic heterocycles. The smallest absolute Gasteiger partial charge is 0.0956 e. The molecule has 0 bridgehead atoms. The lowest BCUT2D eigenvalue weighted by Gasteiger charge is -2.21. The predicted octanol–water partition coefficient (Wildman–Crippen LogP) is 4.60. The second-order valence-corrected chi connectivity index (χ2v) is 12.6. The topological polar surface area (TPSA) is 109 Å². The van der Waals surface area contributed by atoms with Gasteiger partial charge in [-0.3, -0.25) is 29.7 Å². The van der Waals surface area contributed by atoms with Crippen LogP contribution in [-0.4, -0.2) is 104 Å². The van der Waals surface area contributed by atoms with E-state index in [1.165, 1.54) is 11.1 Å². The van der Waals surface area contributed by atoms with Crippen molar-refractivity contribution in [2.45, 2.75) is 60.8 Å². The zero-order chi connectivity index (χ0) is 33.3. The van der Waals surface area contributed by atoms with Gasteiger partial charge in [-0.2, -0.15) is 0 Å². The Morgan fingerprint density at radius 3 is 1.47 bits per heavy atom. The van der Waals surface area contributed by atoms with Gasteiger partial charge in [0.25, 0.3) is 0 Å². The van der Waals surface area contributed by atoms with Gasteiger partial charge in [-0.25, -0.2) is 0 Å². The molecule has 0 saturated heterocycles. The maximum atomic E-state index is 9.17. The van der Waals surface area contributed by atoms with Gasteiger partial charge in [0.15, 0.2) is 0 Å². The van der Waals surface area contributed by atoms with E-state index in [0.29, 0.717) is 17.8 Å². The van der Waals surface area contributed by atoms with Gasteiger partial charge in [-0.05, 0) is 72.1 Å². The minimum atomic E-state index is 0.130. The fourth-order valence-corrected chi connectivity index (χ4v) is 4.70. The van der Waals surface area contributed by atoms with E-state index in [4.69, 9.17) is 15.3 Å². The lowest BCUT2D eigenvalue weighted by molar-refractivity contribution is 0.0969. The summed E-state index contributed by atoms with van der Waals surface area (Å²) in [4.78, 5) is 18.5. The third kappa shape index (κ3) is 21.6. The van der Waals surface area contributed by atoms with E-state index in [9.17, 15) is 0 Å². The number of hydrogen-bond acceptors (Lipinski definition) is 9. The molecule has 0 saturated carbocycles. The van der Waals surface area contributed by atoms with Crippen molar-refractivity contribution in [1.29, 1.82) is 0 Å². The van der Waals surface area contributed by atoms with Crippen LogP contribution in [0.4, 0.5) is 0 Å². The molecule has 252 valence electrons. The van der Waals surface area contributed by atoms with Crippen LogP contribution in [0.5, 0.6) is 0 Å². The summed E-state index contributed by atoms with van der Waals surface area (Å²) in [6, 6.07) is 14.0. The molecule has 3 N–H and O–H groups in total. The minimum Gasteiger partial charge on any atom is -0.381 e. The monoisotopic (exact) mass is 624 g/mol. The van der Waals surface area contributed by atoms with Crippen molar-refractivity contribution in [3.8, 4) is 0 Å². The van der Waals surface area contributed by atoms with Crippen LogP contribution in [0.2, 0.25) is 0 Å². The van der Waals surface area contributed by atoms with Crippen LogP contribution >= 0.6 is 0 Å². The summed E-state index contributed by atoms with van der Waals surface area (Å²) in [6.07, 6.45) is 11.9. The molecule has 3 rings (SSSR count). The molecule has 3 heterocycles. The molecule has 0 fully saturated rings. The molecule has 3 aromatic heterocycles. The van der Waals surface area contributed by atoms with Crippen molar-refractivity contribution < 1.29 is 15.3 Å². The van der Waals surface area contributed by atoms with E-state index < -0.39 is 0 Å². The van der Waals surface area contributed by atoms with E-state index in [-0.39, 0.29) is 20.2 Å². The first-order chi connectivity index (χ1) is 21.7. The van der Waals surface area contributed by atoms with Gasteiger partial charge in [0, 0.05) is 82.4 Å². The Labute approximate surface area is 273 Å². The van der Waals surface area contributed by atoms with Crippen LogP contribution in [0.1, 0.15) is 58.4 Å². The van der Waals surface area contributed by atoms with Crippen molar-refractivity contribution in [2.24, 2.45) is 17.8 Å². The maximum Gasteiger partial charge on any atom is 0.0956 e. The molecular weight excluding hydrogens is 564 g/mol. The highest BCUT2D eigenvalue weighted by molar-refractivity contribution is 5.10. The molecule has 0 atom stereocenters. The lowest BCUT2D eigenvalue weighted by atomic mass is 10.1. The van der Waals surface area contributed by atoms with Gasteiger partial charge >= 0.3 is 0 Å². The highest BCUT2D eigenvalue weighted by Crippen LogP contribution is 2.04. The Kier molecular flexibility index (Phi) is 22.7. The standard InChI is InChI=1S/3C12H20N2O/c1-11(2)9-14(10-15)8-5-12-3-6-13-7-4-12;1-11(2)9-14(10-15)7-5-12-4-3-6-13-8-12;1-11(2)9-14(10-15)8-6-12-5-3-4-7-13-12/h3-4,6-7,11,15H,5,8-10H2,1-2H3;3-4,6,8,11,15H,5,7,9-10H2,1-2H3;3-5,7,11,15H,6,8-10H2,1-2H3. The van der Waals surface area contributed by atoms with E-state index in [1.807, 2.05) is 47.5 Å². The molecule has 3 aromatic rings. The average Bonchev–Trinajstić information content (AvgIpc) is 3.04. The first kappa shape index (κ1) is 40.2. The Bertz CT molecular complexity index is 921. The lowest BCUT2D eigenvalue weighted by Crippen LogP contribution is -2.30. The van der Waals surface area contributed by atoms with Gasteiger partial charge in [0.05, 0.1) is 20.2 Å². The largest absolute Gasteiger partial charge is 0.381 e. The summed E-state index contributed by atoms with van der Waals surface area (Å²) >= 11 is 0. The van der Waals surface area contributed by atoms with Crippen LogP contribution in [-0.2, 0) is 19.3 Å². The molecular formula is C36H60N6O3. The minimum absolute atomic E-state index is 0.130. The van der Waals surface area contributed by atoms with E-state index in [2.05, 4.69) is 72.4 Å². The van der Waals surface area contributed by atoms with Crippen LogP contribution < -0.4 is 0 Å². The third-order valence-electron chi connectivity index (χ3n) is 6.79. The molecule has 0 unspecified atom stereocenters. The van der Waals surface area contributed by atoms with Gasteiger partial charge in [0.2, 0.25) is 0 Å². The summed E-state index contributed by atoms with van der Waals surface area (Å²) in [5.74, 6) is 1.77. The number of aliphatic hydroxyl groups excluding tert-OH is 3. The molecule has 0 spiro atoms. The summed E-state index contributed by atoms with van der Waals surface area (Å²) < 4.78 is 0. The van der Waals surface area contributed by atoms with Crippen molar-refractivity contribution in [2.75, 3.05) is 59.5 Å². The van der Waals surface area contributed by atoms with Crippen LogP contribution in [0.3, 0.4) is 0 Å². The molecule has 45 heavy (non-hydrogen) atoms. The summed E-state index contributed by atoms with van der Waals surface area (Å²) in [5.41, 5.74) is 3.58. The molecule has 9 heteroatoms. The summed E-state index contributed by atoms with van der Waals surface area (Å²) in [6.45, 7) is 18.8. The second kappa shape index (κ2) is 25.4. The molecule has 0 radical (unpaired) electrons. The van der Waals surface area contributed by atoms with Gasteiger partial charge in [-0.1, -0.05) is 53.7 Å². The molecule has 0 aliphatic rings. The van der Waals surface area contributed by atoms with E-state index in [1.54, 1.807) is 24.8 Å². The van der Waals surface area contributed by atoms with E-state index in [0.717, 1.165) is 64.2 Å². The van der Waals surface area contributed by atoms with E-state index >= 15 is 0 Å². The Morgan fingerprint density at radius 2 is 1.04 bits per heavy atom. The number of aromatic nitrogens is 3. The second-order valence-electron chi connectivity index (χ2n) is 12.6. The fourth-order valence-electron chi connectivity index (χ4n) is 4.70. The molecule has 0 aliphatic carbocycles. The van der Waals surface area contributed by atoms with Crippen LogP contribution in [0.15, 0.2) is 73.4 Å². The maximum absolute atomic E-state index is 9.17. The molecule has 9 nitrogen and oxygen atoms in total. The van der Waals surface area contributed by atoms with Gasteiger partial charge < -0.3 is 15.3 Å². The Hall–Kier alpha value is -2.79. The Morgan fingerprint density at radius 1 is 0.533 bits per heavy atom. The predicted molar refractivity (Wildman–Crippen MR) is 184 cm³/mol. The molecule has 0 amide bonds. The zero-order valence-electron chi connectivity index (χ0n) is 28.7. The first-order valence-electron chi connectivity index (χ1n) is 16.3. The Balaban J connectivity index is 0.000000337. The number of hydrogen-bond donors (Lipinski definition) is 3. The van der Waals surface area contributed by atoms with Crippen molar-refractivity contribution >= 4 is 0 Å². The van der Waals surface area contributed by atoms with Gasteiger partial charge in [-0.15, -0.1) is 0 Å². The highest BCUT2D eigenvalue weighted by atomic mass is 16.3. The third-order valence-corrected chi connectivity index (χ3v) is 6.79. The van der Waals surface area contributed by atoms with Crippen molar-refractivity contribution in [1.82, 2.24) is 29.7 Å². The molecule has 0 aromatic carbocycles. The summed E-state index contributed by atoms with van der Waals surface area (Å²) in [5, 5.41) is 27.5.